The first-order chi connectivity index (χ1) is 9.92. The Bertz CT molecular complexity index is 448. The number of hydrogen-bond acceptors (Lipinski definition) is 2. The summed E-state index contributed by atoms with van der Waals surface area (Å²) in [6, 6.07) is 0. The zero-order valence-corrected chi connectivity index (χ0v) is 13.8. The first-order valence-corrected chi connectivity index (χ1v) is 8.22. The molecule has 0 aromatic heterocycles. The van der Waals surface area contributed by atoms with E-state index in [4.69, 9.17) is 0 Å². The lowest BCUT2D eigenvalue weighted by atomic mass is 9.56. The molecule has 2 rings (SSSR count). The largest absolute Gasteiger partial charge is 0.393 e. The zero-order valence-electron chi connectivity index (χ0n) is 13.8. The number of allylic oxidation sites excluding steroid dienone is 3. The number of hydrogen-bond donors (Lipinski definition) is 2. The Labute approximate surface area is 129 Å². The molecule has 21 heavy (non-hydrogen) atoms. The second-order valence-electron chi connectivity index (χ2n) is 7.00. The molecular weight excluding hydrogens is 260 g/mol. The third-order valence-corrected chi connectivity index (χ3v) is 5.82. The van der Waals surface area contributed by atoms with Crippen molar-refractivity contribution in [3.63, 3.8) is 0 Å². The molecule has 2 N–H and O–H groups in total. The quantitative estimate of drug-likeness (QED) is 0.778. The average Bonchev–Trinajstić information content (AvgIpc) is 2.48. The minimum Gasteiger partial charge on any atom is -0.393 e. The molecule has 0 aromatic carbocycles. The highest BCUT2D eigenvalue weighted by atomic mass is 16.3. The number of fused-ring (bicyclic) bond motifs is 1. The van der Waals surface area contributed by atoms with E-state index in [1.807, 2.05) is 0 Å². The van der Waals surface area contributed by atoms with Gasteiger partial charge in [0.1, 0.15) is 0 Å². The first kappa shape index (κ1) is 16.5. The molecule has 118 valence electrons. The van der Waals surface area contributed by atoms with Gasteiger partial charge >= 0.3 is 0 Å². The summed E-state index contributed by atoms with van der Waals surface area (Å²) in [6.45, 7) is 12.4. The Balaban J connectivity index is 2.51. The third kappa shape index (κ3) is 2.89. The predicted octanol–water partition coefficient (Wildman–Crippen LogP) is 3.72. The van der Waals surface area contributed by atoms with Crippen LogP contribution in [0, 0.1) is 29.6 Å². The van der Waals surface area contributed by atoms with Crippen LogP contribution in [0.2, 0.25) is 0 Å². The van der Waals surface area contributed by atoms with E-state index in [1.165, 1.54) is 11.1 Å². The lowest BCUT2D eigenvalue weighted by Gasteiger charge is -2.50. The van der Waals surface area contributed by atoms with Crippen LogP contribution in [0.15, 0.2) is 36.0 Å². The molecule has 1 unspecified atom stereocenters. The molecule has 0 aliphatic heterocycles. The third-order valence-electron chi connectivity index (χ3n) is 5.82. The van der Waals surface area contributed by atoms with Crippen LogP contribution < -0.4 is 0 Å². The highest BCUT2D eigenvalue weighted by molar-refractivity contribution is 5.27. The Morgan fingerprint density at radius 1 is 1.43 bits per heavy atom. The van der Waals surface area contributed by atoms with Crippen LogP contribution in [0.3, 0.4) is 0 Å². The van der Waals surface area contributed by atoms with E-state index in [0.717, 1.165) is 12.8 Å². The van der Waals surface area contributed by atoms with E-state index in [2.05, 4.69) is 46.4 Å². The van der Waals surface area contributed by atoms with E-state index in [-0.39, 0.29) is 23.9 Å². The molecule has 0 saturated heterocycles. The monoisotopic (exact) mass is 290 g/mol. The number of aliphatic hydroxyl groups is 2. The van der Waals surface area contributed by atoms with Crippen molar-refractivity contribution in [2.24, 2.45) is 29.6 Å². The maximum Gasteiger partial charge on any atom is 0.0758 e. The molecule has 7 atom stereocenters. The Kier molecular flexibility index (Phi) is 5.11. The normalized spacial score (nSPS) is 42.0. The Morgan fingerprint density at radius 2 is 2.10 bits per heavy atom. The van der Waals surface area contributed by atoms with Crippen molar-refractivity contribution >= 4 is 0 Å². The molecule has 1 saturated carbocycles. The molecule has 2 heteroatoms. The van der Waals surface area contributed by atoms with Crippen molar-refractivity contribution in [3.05, 3.63) is 36.0 Å². The van der Waals surface area contributed by atoms with Gasteiger partial charge in [-0.1, -0.05) is 36.3 Å². The summed E-state index contributed by atoms with van der Waals surface area (Å²) in [7, 11) is 0. The Hall–Kier alpha value is -0.860. The topological polar surface area (TPSA) is 40.5 Å². The molecule has 1 fully saturated rings. The van der Waals surface area contributed by atoms with Gasteiger partial charge in [0, 0.05) is 17.8 Å². The fourth-order valence-electron chi connectivity index (χ4n) is 4.67. The summed E-state index contributed by atoms with van der Waals surface area (Å²) < 4.78 is 0. The molecule has 0 radical (unpaired) electrons. The van der Waals surface area contributed by atoms with Gasteiger partial charge < -0.3 is 10.2 Å². The van der Waals surface area contributed by atoms with Crippen LogP contribution in [0.4, 0.5) is 0 Å². The molecule has 2 nitrogen and oxygen atoms in total. The summed E-state index contributed by atoms with van der Waals surface area (Å²) in [5, 5.41) is 21.0. The van der Waals surface area contributed by atoms with Crippen LogP contribution in [-0.4, -0.2) is 22.4 Å². The van der Waals surface area contributed by atoms with Crippen LogP contribution in [0.25, 0.3) is 0 Å². The van der Waals surface area contributed by atoms with Crippen molar-refractivity contribution in [2.75, 3.05) is 0 Å². The van der Waals surface area contributed by atoms with Crippen molar-refractivity contribution in [2.45, 2.75) is 52.7 Å². The summed E-state index contributed by atoms with van der Waals surface area (Å²) >= 11 is 0. The van der Waals surface area contributed by atoms with Crippen molar-refractivity contribution in [1.29, 1.82) is 0 Å². The van der Waals surface area contributed by atoms with Crippen molar-refractivity contribution in [3.8, 4) is 0 Å². The van der Waals surface area contributed by atoms with Crippen molar-refractivity contribution in [1.82, 2.24) is 0 Å². The van der Waals surface area contributed by atoms with Gasteiger partial charge in [0.15, 0.2) is 0 Å². The lowest BCUT2D eigenvalue weighted by Crippen LogP contribution is -2.49. The van der Waals surface area contributed by atoms with Gasteiger partial charge in [-0.05, 0) is 45.4 Å². The maximum atomic E-state index is 10.6. The van der Waals surface area contributed by atoms with Gasteiger partial charge in [-0.3, -0.25) is 0 Å². The second-order valence-corrected chi connectivity index (χ2v) is 7.00. The second kappa shape index (κ2) is 6.50. The highest BCUT2D eigenvalue weighted by Gasteiger charge is 2.48. The average molecular weight is 290 g/mol. The SMILES string of the molecule is C=CC(O)[C@@H]1[C@@H]2[C@@H](C=C(C)[C@@H]1/C(C)=C/C)[C@H](O)CC[C@H]2C. The van der Waals surface area contributed by atoms with E-state index in [0.29, 0.717) is 11.8 Å². The van der Waals surface area contributed by atoms with Crippen LogP contribution >= 0.6 is 0 Å². The molecular formula is C19H30O2. The minimum atomic E-state index is -0.520. The minimum absolute atomic E-state index is 0.124. The van der Waals surface area contributed by atoms with Crippen LogP contribution in [-0.2, 0) is 0 Å². The molecule has 0 aromatic rings. The summed E-state index contributed by atoms with van der Waals surface area (Å²) in [5.41, 5.74) is 2.59. The smallest absolute Gasteiger partial charge is 0.0758 e. The van der Waals surface area contributed by atoms with E-state index in [1.54, 1.807) is 6.08 Å². The standard InChI is InChI=1S/C19H30O2/c1-6-11(3)17-13(5)10-14-16(21)9-8-12(4)18(14)19(17)15(20)7-2/h6-7,10,12,14-21H,2,8-9H2,1,3-5H3/b11-6+/t12-,14+,15?,16-,17+,18+,19+/m1/s1. The summed E-state index contributed by atoms with van der Waals surface area (Å²) in [6.07, 6.45) is 7.21. The van der Waals surface area contributed by atoms with Gasteiger partial charge in [-0.15, -0.1) is 6.58 Å². The molecule has 0 amide bonds. The fraction of sp³-hybridized carbons (Fsp3) is 0.684. The summed E-state index contributed by atoms with van der Waals surface area (Å²) in [4.78, 5) is 0. The number of rotatable bonds is 3. The molecule has 0 bridgehead atoms. The molecule has 2 aliphatic rings. The van der Waals surface area contributed by atoms with Gasteiger partial charge in [0.05, 0.1) is 12.2 Å². The van der Waals surface area contributed by atoms with E-state index < -0.39 is 6.10 Å². The molecule has 0 spiro atoms. The van der Waals surface area contributed by atoms with Crippen molar-refractivity contribution < 1.29 is 10.2 Å². The molecule has 0 heterocycles. The maximum absolute atomic E-state index is 10.6. The summed E-state index contributed by atoms with van der Waals surface area (Å²) in [5.74, 6) is 1.41. The zero-order chi connectivity index (χ0) is 15.7. The molecule has 2 aliphatic carbocycles. The van der Waals surface area contributed by atoms with Gasteiger partial charge in [-0.2, -0.15) is 0 Å². The van der Waals surface area contributed by atoms with E-state index >= 15 is 0 Å². The van der Waals surface area contributed by atoms with E-state index in [9.17, 15) is 10.2 Å². The van der Waals surface area contributed by atoms with Crippen LogP contribution in [0.1, 0.15) is 40.5 Å². The van der Waals surface area contributed by atoms with Gasteiger partial charge in [-0.25, -0.2) is 0 Å². The van der Waals surface area contributed by atoms with Crippen LogP contribution in [0.5, 0.6) is 0 Å². The lowest BCUT2D eigenvalue weighted by molar-refractivity contribution is -0.0404. The van der Waals surface area contributed by atoms with Gasteiger partial charge in [0.2, 0.25) is 0 Å². The Morgan fingerprint density at radius 3 is 2.67 bits per heavy atom. The highest BCUT2D eigenvalue weighted by Crippen LogP contribution is 2.51. The number of aliphatic hydroxyl groups excluding tert-OH is 2. The van der Waals surface area contributed by atoms with Gasteiger partial charge in [0.25, 0.3) is 0 Å². The first-order valence-electron chi connectivity index (χ1n) is 8.22. The predicted molar refractivity (Wildman–Crippen MR) is 87.8 cm³/mol. The fourth-order valence-corrected chi connectivity index (χ4v) is 4.67.